The van der Waals surface area contributed by atoms with E-state index < -0.39 is 12.1 Å². The van der Waals surface area contributed by atoms with Crippen molar-refractivity contribution < 1.29 is 13.5 Å². The van der Waals surface area contributed by atoms with Gasteiger partial charge in [-0.05, 0) is 12.1 Å². The fraction of sp³-hybridized carbons (Fsp3) is 0.167. The molecule has 0 aliphatic carbocycles. The molecular weight excluding hydrogens is 268 g/mol. The molecule has 0 amide bonds. The monoisotopic (exact) mass is 279 g/mol. The molecule has 3 aromatic rings. The third kappa shape index (κ3) is 1.77. The van der Waals surface area contributed by atoms with Crippen LogP contribution >= 0.6 is 0 Å². The first-order chi connectivity index (χ1) is 9.61. The number of hydrogen-bond donors (Lipinski definition) is 2. The van der Waals surface area contributed by atoms with Gasteiger partial charge < -0.3 is 10.5 Å². The molecule has 0 bridgehead atoms. The minimum Gasteiger partial charge on any atom is -0.497 e. The molecule has 3 rings (SSSR count). The number of rotatable bonds is 3. The van der Waals surface area contributed by atoms with Crippen molar-refractivity contribution in [3.05, 3.63) is 30.0 Å². The minimum absolute atomic E-state index is 0.0736. The Morgan fingerprint density at radius 3 is 2.90 bits per heavy atom. The van der Waals surface area contributed by atoms with Gasteiger partial charge in [-0.2, -0.15) is 10.2 Å². The predicted molar refractivity (Wildman–Crippen MR) is 69.1 cm³/mol. The van der Waals surface area contributed by atoms with Crippen molar-refractivity contribution in [2.45, 2.75) is 6.43 Å². The molecule has 2 aromatic heterocycles. The van der Waals surface area contributed by atoms with Crippen molar-refractivity contribution in [1.29, 1.82) is 0 Å². The topological polar surface area (TPSA) is 81.8 Å². The van der Waals surface area contributed by atoms with Crippen LogP contribution in [-0.4, -0.2) is 27.1 Å². The Balaban J connectivity index is 2.25. The summed E-state index contributed by atoms with van der Waals surface area (Å²) in [5.41, 5.74) is 6.06. The van der Waals surface area contributed by atoms with Crippen molar-refractivity contribution in [3.8, 4) is 11.4 Å². The first-order valence-corrected chi connectivity index (χ1v) is 5.77. The van der Waals surface area contributed by atoms with Crippen LogP contribution < -0.4 is 10.5 Å². The average molecular weight is 279 g/mol. The van der Waals surface area contributed by atoms with E-state index in [9.17, 15) is 8.78 Å². The molecule has 0 aliphatic rings. The van der Waals surface area contributed by atoms with Gasteiger partial charge in [-0.15, -0.1) is 0 Å². The van der Waals surface area contributed by atoms with Gasteiger partial charge in [-0.3, -0.25) is 5.10 Å². The number of alkyl halides is 2. The van der Waals surface area contributed by atoms with E-state index in [0.29, 0.717) is 11.4 Å². The number of aromatic nitrogens is 4. The summed E-state index contributed by atoms with van der Waals surface area (Å²) >= 11 is 0. The second kappa shape index (κ2) is 4.48. The molecule has 0 atom stereocenters. The van der Waals surface area contributed by atoms with Gasteiger partial charge in [0.25, 0.3) is 6.43 Å². The molecule has 6 nitrogen and oxygen atoms in total. The summed E-state index contributed by atoms with van der Waals surface area (Å²) in [6.07, 6.45) is -2.73. The van der Waals surface area contributed by atoms with Gasteiger partial charge in [0, 0.05) is 6.07 Å². The highest BCUT2D eigenvalue weighted by Gasteiger charge is 2.23. The normalized spacial score (nSPS) is 11.4. The zero-order valence-corrected chi connectivity index (χ0v) is 10.5. The maximum Gasteiger partial charge on any atom is 0.282 e. The Kier molecular flexibility index (Phi) is 2.78. The van der Waals surface area contributed by atoms with E-state index in [1.165, 1.54) is 11.8 Å². The van der Waals surface area contributed by atoms with Crippen LogP contribution in [0.1, 0.15) is 12.1 Å². The molecule has 8 heteroatoms. The number of fused-ring (bicyclic) bond motifs is 1. The van der Waals surface area contributed by atoms with Gasteiger partial charge in [0.2, 0.25) is 0 Å². The number of methoxy groups -OCH3 is 1. The number of H-pyrrole nitrogens is 1. The van der Waals surface area contributed by atoms with Crippen molar-refractivity contribution in [3.63, 3.8) is 0 Å². The van der Waals surface area contributed by atoms with Gasteiger partial charge in [-0.25, -0.2) is 13.5 Å². The summed E-state index contributed by atoms with van der Waals surface area (Å²) < 4.78 is 32.5. The number of nitrogen functional groups attached to an aromatic ring is 1. The molecule has 104 valence electrons. The number of ether oxygens (including phenoxy) is 1. The minimum atomic E-state index is -2.73. The first-order valence-electron chi connectivity index (χ1n) is 5.77. The van der Waals surface area contributed by atoms with Gasteiger partial charge in [0.05, 0.1) is 18.2 Å². The average Bonchev–Trinajstić information content (AvgIpc) is 3.00. The highest BCUT2D eigenvalue weighted by atomic mass is 19.3. The van der Waals surface area contributed by atoms with Gasteiger partial charge in [0.1, 0.15) is 17.3 Å². The largest absolute Gasteiger partial charge is 0.497 e. The van der Waals surface area contributed by atoms with E-state index in [1.54, 1.807) is 24.3 Å². The zero-order valence-electron chi connectivity index (χ0n) is 10.5. The van der Waals surface area contributed by atoms with Gasteiger partial charge >= 0.3 is 0 Å². The van der Waals surface area contributed by atoms with Crippen LogP contribution in [0.5, 0.6) is 5.75 Å². The summed E-state index contributed by atoms with van der Waals surface area (Å²) in [5, 5.41) is 10.5. The summed E-state index contributed by atoms with van der Waals surface area (Å²) in [7, 11) is 1.52. The second-order valence-electron chi connectivity index (χ2n) is 4.14. The van der Waals surface area contributed by atoms with Crippen LogP contribution in [0.3, 0.4) is 0 Å². The van der Waals surface area contributed by atoms with E-state index in [2.05, 4.69) is 15.3 Å². The number of nitrogens with two attached hydrogens (primary N) is 1. The molecule has 0 unspecified atom stereocenters. The number of hydrogen-bond acceptors (Lipinski definition) is 4. The van der Waals surface area contributed by atoms with E-state index in [4.69, 9.17) is 10.5 Å². The van der Waals surface area contributed by atoms with Crippen molar-refractivity contribution >= 4 is 16.9 Å². The van der Waals surface area contributed by atoms with Crippen LogP contribution in [0.2, 0.25) is 0 Å². The van der Waals surface area contributed by atoms with Crippen molar-refractivity contribution in [1.82, 2.24) is 20.0 Å². The number of halogens is 2. The molecule has 0 saturated heterocycles. The highest BCUT2D eigenvalue weighted by molar-refractivity contribution is 5.90. The Bertz CT molecular complexity index is 764. The summed E-state index contributed by atoms with van der Waals surface area (Å²) in [6.45, 7) is 0. The lowest BCUT2D eigenvalue weighted by atomic mass is 10.3. The number of anilines is 1. The maximum absolute atomic E-state index is 13.0. The van der Waals surface area contributed by atoms with Crippen LogP contribution in [0.4, 0.5) is 14.6 Å². The van der Waals surface area contributed by atoms with Crippen LogP contribution in [0.25, 0.3) is 16.7 Å². The van der Waals surface area contributed by atoms with E-state index in [0.717, 1.165) is 0 Å². The van der Waals surface area contributed by atoms with Crippen molar-refractivity contribution in [2.75, 3.05) is 12.8 Å². The second-order valence-corrected chi connectivity index (χ2v) is 4.14. The highest BCUT2D eigenvalue weighted by Crippen LogP contribution is 2.31. The Labute approximate surface area is 112 Å². The summed E-state index contributed by atoms with van der Waals surface area (Å²) in [4.78, 5) is 0. The molecule has 0 radical (unpaired) electrons. The summed E-state index contributed by atoms with van der Waals surface area (Å²) in [5.74, 6) is 0.665. The molecule has 0 spiro atoms. The molecule has 3 N–H and O–H groups in total. The molecule has 0 saturated carbocycles. The van der Waals surface area contributed by atoms with Crippen molar-refractivity contribution in [2.24, 2.45) is 0 Å². The van der Waals surface area contributed by atoms with Gasteiger partial charge in [0.15, 0.2) is 5.65 Å². The molecular formula is C12H11F2N5O. The molecule has 0 fully saturated rings. The lowest BCUT2D eigenvalue weighted by molar-refractivity contribution is 0.147. The van der Waals surface area contributed by atoms with E-state index in [-0.39, 0.29) is 16.9 Å². The van der Waals surface area contributed by atoms with E-state index >= 15 is 0 Å². The lowest BCUT2D eigenvalue weighted by Gasteiger charge is -2.04. The zero-order chi connectivity index (χ0) is 14.3. The standard InChI is InChI=1S/C12H11F2N5O/c1-20-7-4-2-3-6(5-7)19-12-8(11(15)16-17-12)9(18-19)10(13)14/h2-5,10H,1H3,(H3,15,16,17). The number of aromatic amines is 1. The molecule has 2 heterocycles. The third-order valence-corrected chi connectivity index (χ3v) is 2.94. The lowest BCUT2D eigenvalue weighted by Crippen LogP contribution is -1.99. The van der Waals surface area contributed by atoms with E-state index in [1.807, 2.05) is 0 Å². The molecule has 20 heavy (non-hydrogen) atoms. The fourth-order valence-electron chi connectivity index (χ4n) is 2.03. The quantitative estimate of drug-likeness (QED) is 0.770. The van der Waals surface area contributed by atoms with Gasteiger partial charge in [-0.1, -0.05) is 6.07 Å². The molecule has 0 aliphatic heterocycles. The summed E-state index contributed by atoms with van der Waals surface area (Å²) in [6, 6.07) is 6.87. The Hall–Kier alpha value is -2.64. The predicted octanol–water partition coefficient (Wildman–Crippen LogP) is 2.28. The molecule has 1 aromatic carbocycles. The van der Waals surface area contributed by atoms with Crippen LogP contribution in [0.15, 0.2) is 24.3 Å². The van der Waals surface area contributed by atoms with Crippen LogP contribution in [-0.2, 0) is 0 Å². The number of benzene rings is 1. The Morgan fingerprint density at radius 1 is 1.40 bits per heavy atom. The first kappa shape index (κ1) is 12.4. The van der Waals surface area contributed by atoms with Crippen LogP contribution in [0, 0.1) is 0 Å². The SMILES string of the molecule is COc1cccc(-n2nc(C(F)F)c3c(N)[nH]nc32)c1. The smallest absolute Gasteiger partial charge is 0.282 e. The number of nitrogens with zero attached hydrogens (tertiary/aromatic N) is 3. The fourth-order valence-corrected chi connectivity index (χ4v) is 2.03. The number of nitrogens with one attached hydrogen (secondary N) is 1. The Morgan fingerprint density at radius 2 is 2.20 bits per heavy atom. The maximum atomic E-state index is 13.0. The third-order valence-electron chi connectivity index (χ3n) is 2.94.